The largest absolute Gasteiger partial charge is 0.497 e. The van der Waals surface area contributed by atoms with Crippen molar-refractivity contribution in [3.8, 4) is 11.5 Å². The summed E-state index contributed by atoms with van der Waals surface area (Å²) in [5, 5.41) is 3.66. The van der Waals surface area contributed by atoms with Crippen molar-refractivity contribution in [2.45, 2.75) is 58.1 Å². The van der Waals surface area contributed by atoms with Gasteiger partial charge in [-0.2, -0.15) is 0 Å². The zero-order valence-electron chi connectivity index (χ0n) is 13.6. The number of hydrogen-bond acceptors (Lipinski definition) is 3. The molecule has 21 heavy (non-hydrogen) atoms. The van der Waals surface area contributed by atoms with Gasteiger partial charge in [0.1, 0.15) is 17.6 Å². The van der Waals surface area contributed by atoms with Crippen LogP contribution in [-0.2, 0) is 0 Å². The molecule has 1 N–H and O–H groups in total. The number of hydrogen-bond donors (Lipinski definition) is 1. The predicted octanol–water partition coefficient (Wildman–Crippen LogP) is 4.02. The van der Waals surface area contributed by atoms with Crippen LogP contribution in [0.4, 0.5) is 0 Å². The first-order chi connectivity index (χ1) is 10.3. The first-order valence-corrected chi connectivity index (χ1v) is 8.30. The van der Waals surface area contributed by atoms with E-state index in [0.717, 1.165) is 30.4 Å². The smallest absolute Gasteiger partial charge is 0.123 e. The second-order valence-electron chi connectivity index (χ2n) is 5.98. The first kappa shape index (κ1) is 16.2. The summed E-state index contributed by atoms with van der Waals surface area (Å²) < 4.78 is 11.6. The molecule has 1 aromatic rings. The van der Waals surface area contributed by atoms with Crippen molar-refractivity contribution in [3.05, 3.63) is 24.3 Å². The topological polar surface area (TPSA) is 30.5 Å². The quantitative estimate of drug-likeness (QED) is 0.823. The molecule has 0 spiro atoms. The highest BCUT2D eigenvalue weighted by Gasteiger charge is 2.30. The van der Waals surface area contributed by atoms with Crippen molar-refractivity contribution >= 4 is 0 Å². The maximum atomic E-state index is 6.30. The van der Waals surface area contributed by atoms with Gasteiger partial charge in [-0.05, 0) is 50.3 Å². The molecule has 118 valence electrons. The Hall–Kier alpha value is -1.22. The van der Waals surface area contributed by atoms with Crippen LogP contribution in [0.3, 0.4) is 0 Å². The van der Waals surface area contributed by atoms with Gasteiger partial charge in [0.2, 0.25) is 0 Å². The van der Waals surface area contributed by atoms with Gasteiger partial charge in [-0.25, -0.2) is 0 Å². The lowest BCUT2D eigenvalue weighted by molar-refractivity contribution is 0.0847. The molecule has 3 atom stereocenters. The summed E-state index contributed by atoms with van der Waals surface area (Å²) >= 11 is 0. The third-order valence-corrected chi connectivity index (χ3v) is 4.46. The van der Waals surface area contributed by atoms with Gasteiger partial charge in [0.25, 0.3) is 0 Å². The number of rotatable bonds is 7. The maximum absolute atomic E-state index is 6.30. The molecule has 1 aliphatic rings. The van der Waals surface area contributed by atoms with Gasteiger partial charge in [0, 0.05) is 12.1 Å². The molecule has 0 heterocycles. The Morgan fingerprint density at radius 2 is 2.00 bits per heavy atom. The summed E-state index contributed by atoms with van der Waals surface area (Å²) in [4.78, 5) is 0. The Balaban J connectivity index is 2.03. The molecule has 0 radical (unpaired) electrons. The van der Waals surface area contributed by atoms with Gasteiger partial charge >= 0.3 is 0 Å². The van der Waals surface area contributed by atoms with Crippen LogP contribution in [0, 0.1) is 5.92 Å². The Morgan fingerprint density at radius 1 is 1.19 bits per heavy atom. The zero-order valence-corrected chi connectivity index (χ0v) is 13.6. The van der Waals surface area contributed by atoms with Crippen LogP contribution < -0.4 is 14.8 Å². The van der Waals surface area contributed by atoms with Crippen LogP contribution in [0.5, 0.6) is 11.5 Å². The van der Waals surface area contributed by atoms with Crippen molar-refractivity contribution in [1.82, 2.24) is 5.32 Å². The van der Waals surface area contributed by atoms with Gasteiger partial charge < -0.3 is 14.8 Å². The molecular formula is C18H29NO2. The molecule has 1 aromatic carbocycles. The minimum atomic E-state index is 0.266. The van der Waals surface area contributed by atoms with Crippen LogP contribution in [-0.4, -0.2) is 25.8 Å². The fourth-order valence-electron chi connectivity index (χ4n) is 3.13. The van der Waals surface area contributed by atoms with E-state index in [0.29, 0.717) is 6.04 Å². The average molecular weight is 291 g/mol. The molecule has 3 unspecified atom stereocenters. The molecule has 0 bridgehead atoms. The summed E-state index contributed by atoms with van der Waals surface area (Å²) in [6.45, 7) is 5.56. The Bertz CT molecular complexity index is 421. The standard InChI is InChI=1S/C18H29NO2/c1-4-11-19-17-10-9-14(5-2)12-18(17)21-16-8-6-7-15(13-16)20-3/h6-8,13-14,17-19H,4-5,9-12H2,1-3H3. The molecule has 1 aliphatic carbocycles. The monoisotopic (exact) mass is 291 g/mol. The van der Waals surface area contributed by atoms with Gasteiger partial charge in [0.05, 0.1) is 7.11 Å². The van der Waals surface area contributed by atoms with E-state index in [-0.39, 0.29) is 6.10 Å². The van der Waals surface area contributed by atoms with Gasteiger partial charge in [-0.15, -0.1) is 0 Å². The van der Waals surface area contributed by atoms with Crippen LogP contribution in [0.2, 0.25) is 0 Å². The molecule has 3 heteroatoms. The molecule has 0 saturated heterocycles. The minimum absolute atomic E-state index is 0.266. The van der Waals surface area contributed by atoms with Gasteiger partial charge in [-0.3, -0.25) is 0 Å². The third kappa shape index (κ3) is 4.63. The van der Waals surface area contributed by atoms with Crippen molar-refractivity contribution in [3.63, 3.8) is 0 Å². The summed E-state index contributed by atoms with van der Waals surface area (Å²) in [6, 6.07) is 8.42. The lowest BCUT2D eigenvalue weighted by Gasteiger charge is -2.36. The lowest BCUT2D eigenvalue weighted by atomic mass is 9.82. The highest BCUT2D eigenvalue weighted by molar-refractivity contribution is 5.33. The SMILES string of the molecule is CCCNC1CCC(CC)CC1Oc1cccc(OC)c1. The lowest BCUT2D eigenvalue weighted by Crippen LogP contribution is -2.47. The fraction of sp³-hybridized carbons (Fsp3) is 0.667. The molecule has 1 fully saturated rings. The highest BCUT2D eigenvalue weighted by Crippen LogP contribution is 2.31. The Morgan fingerprint density at radius 3 is 2.71 bits per heavy atom. The predicted molar refractivity (Wildman–Crippen MR) is 87.1 cm³/mol. The minimum Gasteiger partial charge on any atom is -0.497 e. The first-order valence-electron chi connectivity index (χ1n) is 8.30. The van der Waals surface area contributed by atoms with E-state index >= 15 is 0 Å². The highest BCUT2D eigenvalue weighted by atomic mass is 16.5. The Kier molecular flexibility index (Phi) is 6.37. The van der Waals surface area contributed by atoms with Crippen molar-refractivity contribution in [2.75, 3.05) is 13.7 Å². The van der Waals surface area contributed by atoms with E-state index in [1.165, 1.54) is 25.7 Å². The van der Waals surface area contributed by atoms with E-state index in [1.54, 1.807) is 7.11 Å². The van der Waals surface area contributed by atoms with E-state index < -0.39 is 0 Å². The molecular weight excluding hydrogens is 262 g/mol. The summed E-state index contributed by atoms with van der Waals surface area (Å²) in [5.74, 6) is 2.56. The number of methoxy groups -OCH3 is 1. The Labute approximate surface area is 129 Å². The van der Waals surface area contributed by atoms with E-state index in [2.05, 4.69) is 19.2 Å². The molecule has 3 nitrogen and oxygen atoms in total. The van der Waals surface area contributed by atoms with E-state index in [1.807, 2.05) is 24.3 Å². The van der Waals surface area contributed by atoms with E-state index in [9.17, 15) is 0 Å². The number of benzene rings is 1. The molecule has 1 saturated carbocycles. The van der Waals surface area contributed by atoms with Gasteiger partial charge in [-0.1, -0.05) is 26.3 Å². The van der Waals surface area contributed by atoms with Crippen molar-refractivity contribution in [1.29, 1.82) is 0 Å². The normalized spacial score (nSPS) is 25.6. The van der Waals surface area contributed by atoms with Crippen LogP contribution >= 0.6 is 0 Å². The van der Waals surface area contributed by atoms with Crippen LogP contribution in [0.25, 0.3) is 0 Å². The number of nitrogens with one attached hydrogen (secondary N) is 1. The summed E-state index contributed by atoms with van der Waals surface area (Å²) in [5.41, 5.74) is 0. The average Bonchev–Trinajstić information content (AvgIpc) is 2.53. The molecule has 0 aliphatic heterocycles. The third-order valence-electron chi connectivity index (χ3n) is 4.46. The van der Waals surface area contributed by atoms with Gasteiger partial charge in [0.15, 0.2) is 0 Å². The molecule has 2 rings (SSSR count). The fourth-order valence-corrected chi connectivity index (χ4v) is 3.13. The zero-order chi connectivity index (χ0) is 15.1. The molecule has 0 amide bonds. The summed E-state index contributed by atoms with van der Waals surface area (Å²) in [6.07, 6.45) is 6.36. The van der Waals surface area contributed by atoms with Crippen LogP contribution in [0.1, 0.15) is 46.0 Å². The summed E-state index contributed by atoms with van der Waals surface area (Å²) in [7, 11) is 1.69. The number of ether oxygens (including phenoxy) is 2. The van der Waals surface area contributed by atoms with E-state index in [4.69, 9.17) is 9.47 Å². The maximum Gasteiger partial charge on any atom is 0.123 e. The second kappa shape index (κ2) is 8.28. The van der Waals surface area contributed by atoms with Crippen molar-refractivity contribution < 1.29 is 9.47 Å². The molecule has 0 aromatic heterocycles. The van der Waals surface area contributed by atoms with Crippen LogP contribution in [0.15, 0.2) is 24.3 Å². The second-order valence-corrected chi connectivity index (χ2v) is 5.98. The van der Waals surface area contributed by atoms with Crippen molar-refractivity contribution in [2.24, 2.45) is 5.92 Å².